The lowest BCUT2D eigenvalue weighted by atomic mass is 10.2. The predicted octanol–water partition coefficient (Wildman–Crippen LogP) is 1.65. The average molecular weight is 215 g/mol. The van der Waals surface area contributed by atoms with Crippen molar-refractivity contribution in [3.8, 4) is 0 Å². The van der Waals surface area contributed by atoms with Gasteiger partial charge in [-0.3, -0.25) is 9.89 Å². The van der Waals surface area contributed by atoms with Crippen LogP contribution in [0, 0.1) is 6.92 Å². The Bertz CT molecular complexity index is 476. The molecule has 1 aromatic heterocycles. The molecule has 0 radical (unpaired) electrons. The van der Waals surface area contributed by atoms with Gasteiger partial charge >= 0.3 is 0 Å². The summed E-state index contributed by atoms with van der Waals surface area (Å²) < 4.78 is 0. The van der Waals surface area contributed by atoms with Crippen molar-refractivity contribution in [1.29, 1.82) is 0 Å². The van der Waals surface area contributed by atoms with Crippen LogP contribution in [0.15, 0.2) is 36.5 Å². The van der Waals surface area contributed by atoms with Crippen molar-refractivity contribution < 1.29 is 4.79 Å². The second kappa shape index (κ2) is 4.61. The second-order valence-electron chi connectivity index (χ2n) is 3.58. The van der Waals surface area contributed by atoms with Gasteiger partial charge < -0.3 is 5.32 Å². The number of aromatic amines is 1. The van der Waals surface area contributed by atoms with Crippen molar-refractivity contribution in [2.45, 2.75) is 13.5 Å². The summed E-state index contributed by atoms with van der Waals surface area (Å²) in [5.74, 6) is -0.0744. The van der Waals surface area contributed by atoms with Crippen LogP contribution < -0.4 is 5.32 Å². The van der Waals surface area contributed by atoms with Crippen LogP contribution in [0.4, 0.5) is 0 Å². The Morgan fingerprint density at radius 3 is 2.75 bits per heavy atom. The van der Waals surface area contributed by atoms with E-state index in [4.69, 9.17) is 0 Å². The number of H-pyrrole nitrogens is 1. The molecule has 0 spiro atoms. The Morgan fingerprint density at radius 1 is 1.38 bits per heavy atom. The third kappa shape index (κ3) is 2.28. The van der Waals surface area contributed by atoms with Gasteiger partial charge in [-0.15, -0.1) is 0 Å². The van der Waals surface area contributed by atoms with E-state index in [9.17, 15) is 4.79 Å². The number of carbonyl (C=O) groups excluding carboxylic acids is 1. The molecule has 0 aliphatic rings. The number of amides is 1. The smallest absolute Gasteiger partial charge is 0.251 e. The number of aromatic nitrogens is 2. The van der Waals surface area contributed by atoms with E-state index in [1.807, 2.05) is 25.1 Å². The van der Waals surface area contributed by atoms with E-state index in [0.717, 1.165) is 11.3 Å². The summed E-state index contributed by atoms with van der Waals surface area (Å²) in [7, 11) is 0. The number of aryl methyl sites for hydroxylation is 1. The zero-order valence-electron chi connectivity index (χ0n) is 9.03. The minimum Gasteiger partial charge on any atom is -0.346 e. The van der Waals surface area contributed by atoms with Crippen LogP contribution in [0.2, 0.25) is 0 Å². The van der Waals surface area contributed by atoms with E-state index >= 15 is 0 Å². The molecule has 0 bridgehead atoms. The molecule has 82 valence electrons. The summed E-state index contributed by atoms with van der Waals surface area (Å²) in [6.07, 6.45) is 1.74. The summed E-state index contributed by atoms with van der Waals surface area (Å²) in [4.78, 5) is 11.7. The number of hydrogen-bond donors (Lipinski definition) is 2. The molecule has 16 heavy (non-hydrogen) atoms. The maximum Gasteiger partial charge on any atom is 0.251 e. The van der Waals surface area contributed by atoms with E-state index in [1.165, 1.54) is 0 Å². The molecule has 1 amide bonds. The average Bonchev–Trinajstić information content (AvgIpc) is 2.73. The van der Waals surface area contributed by atoms with E-state index < -0.39 is 0 Å². The highest BCUT2D eigenvalue weighted by molar-refractivity contribution is 5.94. The third-order valence-electron chi connectivity index (χ3n) is 2.40. The molecule has 2 rings (SSSR count). The molecule has 1 heterocycles. The first-order valence-electron chi connectivity index (χ1n) is 5.09. The first-order chi connectivity index (χ1) is 7.77. The molecule has 2 N–H and O–H groups in total. The summed E-state index contributed by atoms with van der Waals surface area (Å²) in [5, 5.41) is 9.58. The Labute approximate surface area is 93.7 Å². The summed E-state index contributed by atoms with van der Waals surface area (Å²) in [5.41, 5.74) is 2.65. The van der Waals surface area contributed by atoms with E-state index in [2.05, 4.69) is 15.5 Å². The maximum absolute atomic E-state index is 11.7. The van der Waals surface area contributed by atoms with Crippen LogP contribution in [-0.2, 0) is 6.54 Å². The van der Waals surface area contributed by atoms with Gasteiger partial charge in [-0.05, 0) is 24.6 Å². The molecular formula is C12H13N3O. The third-order valence-corrected chi connectivity index (χ3v) is 2.40. The molecule has 0 aliphatic carbocycles. The minimum absolute atomic E-state index is 0.0744. The molecular weight excluding hydrogens is 202 g/mol. The van der Waals surface area contributed by atoms with E-state index in [1.54, 1.807) is 18.3 Å². The van der Waals surface area contributed by atoms with E-state index in [0.29, 0.717) is 12.1 Å². The maximum atomic E-state index is 11.7. The van der Waals surface area contributed by atoms with Crippen molar-refractivity contribution in [2.24, 2.45) is 0 Å². The molecule has 2 aromatic rings. The van der Waals surface area contributed by atoms with Crippen LogP contribution >= 0.6 is 0 Å². The van der Waals surface area contributed by atoms with Crippen LogP contribution in [0.3, 0.4) is 0 Å². The highest BCUT2D eigenvalue weighted by Gasteiger charge is 2.05. The number of carbonyl (C=O) groups is 1. The van der Waals surface area contributed by atoms with Crippen molar-refractivity contribution in [3.63, 3.8) is 0 Å². The first-order valence-corrected chi connectivity index (χ1v) is 5.09. The number of benzene rings is 1. The Morgan fingerprint density at radius 2 is 2.12 bits per heavy atom. The fraction of sp³-hybridized carbons (Fsp3) is 0.167. The quantitative estimate of drug-likeness (QED) is 0.817. The predicted molar refractivity (Wildman–Crippen MR) is 60.9 cm³/mol. The van der Waals surface area contributed by atoms with Crippen LogP contribution in [-0.4, -0.2) is 16.1 Å². The molecule has 4 heteroatoms. The second-order valence-corrected chi connectivity index (χ2v) is 3.58. The fourth-order valence-electron chi connectivity index (χ4n) is 1.41. The lowest BCUT2D eigenvalue weighted by molar-refractivity contribution is 0.0950. The van der Waals surface area contributed by atoms with Gasteiger partial charge in [-0.25, -0.2) is 0 Å². The summed E-state index contributed by atoms with van der Waals surface area (Å²) in [6, 6.07) is 9.15. The highest BCUT2D eigenvalue weighted by atomic mass is 16.1. The molecule has 0 atom stereocenters. The number of nitrogens with one attached hydrogen (secondary N) is 2. The number of nitrogens with zero attached hydrogens (tertiary/aromatic N) is 1. The lowest BCUT2D eigenvalue weighted by Crippen LogP contribution is -2.23. The summed E-state index contributed by atoms with van der Waals surface area (Å²) in [6.45, 7) is 2.42. The Kier molecular flexibility index (Phi) is 3.00. The SMILES string of the molecule is Cc1cn[nH]c1CNC(=O)c1ccccc1. The molecule has 0 aliphatic heterocycles. The topological polar surface area (TPSA) is 57.8 Å². The molecule has 0 fully saturated rings. The zero-order valence-corrected chi connectivity index (χ0v) is 9.03. The van der Waals surface area contributed by atoms with Crippen LogP contribution in [0.1, 0.15) is 21.6 Å². The van der Waals surface area contributed by atoms with Crippen molar-refractivity contribution in [1.82, 2.24) is 15.5 Å². The Hall–Kier alpha value is -2.10. The molecule has 0 unspecified atom stereocenters. The van der Waals surface area contributed by atoms with Gasteiger partial charge in [0.15, 0.2) is 0 Å². The van der Waals surface area contributed by atoms with Gasteiger partial charge in [-0.1, -0.05) is 18.2 Å². The highest BCUT2D eigenvalue weighted by Crippen LogP contribution is 2.02. The standard InChI is InChI=1S/C12H13N3O/c1-9-7-14-15-11(9)8-13-12(16)10-5-3-2-4-6-10/h2-7H,8H2,1H3,(H,13,16)(H,14,15). The van der Waals surface area contributed by atoms with Crippen molar-refractivity contribution in [3.05, 3.63) is 53.3 Å². The van der Waals surface area contributed by atoms with Gasteiger partial charge in [0.2, 0.25) is 0 Å². The van der Waals surface area contributed by atoms with Crippen molar-refractivity contribution >= 4 is 5.91 Å². The number of rotatable bonds is 3. The normalized spacial score (nSPS) is 10.1. The van der Waals surface area contributed by atoms with Gasteiger partial charge in [0, 0.05) is 5.56 Å². The lowest BCUT2D eigenvalue weighted by Gasteiger charge is -2.04. The molecule has 0 saturated carbocycles. The van der Waals surface area contributed by atoms with E-state index in [-0.39, 0.29) is 5.91 Å². The number of hydrogen-bond acceptors (Lipinski definition) is 2. The zero-order chi connectivity index (χ0) is 11.4. The van der Waals surface area contributed by atoms with Crippen LogP contribution in [0.25, 0.3) is 0 Å². The molecule has 4 nitrogen and oxygen atoms in total. The minimum atomic E-state index is -0.0744. The molecule has 0 saturated heterocycles. The fourth-order valence-corrected chi connectivity index (χ4v) is 1.41. The Balaban J connectivity index is 1.97. The van der Waals surface area contributed by atoms with Gasteiger partial charge in [0.1, 0.15) is 0 Å². The van der Waals surface area contributed by atoms with Crippen LogP contribution in [0.5, 0.6) is 0 Å². The van der Waals surface area contributed by atoms with Gasteiger partial charge in [-0.2, -0.15) is 5.10 Å². The van der Waals surface area contributed by atoms with Gasteiger partial charge in [0.05, 0.1) is 18.4 Å². The van der Waals surface area contributed by atoms with Crippen molar-refractivity contribution in [2.75, 3.05) is 0 Å². The molecule has 1 aromatic carbocycles. The first kappa shape index (κ1) is 10.4. The van der Waals surface area contributed by atoms with Gasteiger partial charge in [0.25, 0.3) is 5.91 Å². The summed E-state index contributed by atoms with van der Waals surface area (Å²) >= 11 is 0. The monoisotopic (exact) mass is 215 g/mol. The largest absolute Gasteiger partial charge is 0.346 e.